The summed E-state index contributed by atoms with van der Waals surface area (Å²) in [5.74, 6) is 0.880. The maximum Gasteiger partial charge on any atom is 0.220 e. The first-order valence-electron chi connectivity index (χ1n) is 11.7. The van der Waals surface area contributed by atoms with Crippen LogP contribution in [0.2, 0.25) is 0 Å². The summed E-state index contributed by atoms with van der Waals surface area (Å²) in [7, 11) is 2.20. The number of aromatic nitrogens is 1. The Morgan fingerprint density at radius 2 is 1.58 bits per heavy atom. The van der Waals surface area contributed by atoms with Crippen LogP contribution in [0.3, 0.4) is 0 Å². The summed E-state index contributed by atoms with van der Waals surface area (Å²) in [5.41, 5.74) is 9.30. The van der Waals surface area contributed by atoms with Crippen molar-refractivity contribution in [1.82, 2.24) is 0 Å². The first-order chi connectivity index (χ1) is 15.1. The molecule has 3 aromatic carbocycles. The Morgan fingerprint density at radius 1 is 0.806 bits per heavy atom. The summed E-state index contributed by atoms with van der Waals surface area (Å²) >= 11 is 0. The summed E-state index contributed by atoms with van der Waals surface area (Å²) in [6.07, 6.45) is 6.86. The van der Waals surface area contributed by atoms with Crippen LogP contribution in [-0.2, 0) is 13.5 Å². The van der Waals surface area contributed by atoms with Crippen LogP contribution >= 0.6 is 0 Å². The lowest BCUT2D eigenvalue weighted by Crippen LogP contribution is -2.35. The number of benzene rings is 3. The van der Waals surface area contributed by atoms with Gasteiger partial charge in [-0.15, -0.1) is 0 Å². The van der Waals surface area contributed by atoms with Crippen LogP contribution in [0.4, 0.5) is 0 Å². The van der Waals surface area contributed by atoms with Crippen LogP contribution in [-0.4, -0.2) is 0 Å². The van der Waals surface area contributed by atoms with E-state index < -0.39 is 0 Å². The van der Waals surface area contributed by atoms with Gasteiger partial charge in [-0.1, -0.05) is 80.3 Å². The Kier molecular flexibility index (Phi) is 5.36. The summed E-state index contributed by atoms with van der Waals surface area (Å²) in [6.45, 7) is 4.46. The second-order valence-corrected chi connectivity index (χ2v) is 9.37. The molecule has 1 saturated carbocycles. The highest BCUT2D eigenvalue weighted by Gasteiger charge is 2.21. The fourth-order valence-corrected chi connectivity index (χ4v) is 5.37. The summed E-state index contributed by atoms with van der Waals surface area (Å²) < 4.78 is 2.35. The lowest BCUT2D eigenvalue weighted by molar-refractivity contribution is -0.665. The third kappa shape index (κ3) is 3.90. The number of rotatable bonds is 4. The Hall–Kier alpha value is -2.93. The van der Waals surface area contributed by atoms with Crippen LogP contribution in [0.15, 0.2) is 72.8 Å². The molecule has 0 bridgehead atoms. The molecule has 31 heavy (non-hydrogen) atoms. The lowest BCUT2D eigenvalue weighted by atomic mass is 9.92. The van der Waals surface area contributed by atoms with Gasteiger partial charge in [-0.3, -0.25) is 0 Å². The van der Waals surface area contributed by atoms with Gasteiger partial charge in [0.05, 0.1) is 5.39 Å². The van der Waals surface area contributed by atoms with Crippen LogP contribution in [0.1, 0.15) is 42.5 Å². The van der Waals surface area contributed by atoms with Gasteiger partial charge < -0.3 is 0 Å². The van der Waals surface area contributed by atoms with Gasteiger partial charge in [-0.25, -0.2) is 0 Å². The van der Waals surface area contributed by atoms with Gasteiger partial charge in [-0.05, 0) is 59.0 Å². The molecule has 0 spiro atoms. The van der Waals surface area contributed by atoms with Gasteiger partial charge in [0.1, 0.15) is 7.05 Å². The Labute approximate surface area is 186 Å². The molecule has 1 heteroatoms. The van der Waals surface area contributed by atoms with Gasteiger partial charge in [0.25, 0.3) is 0 Å². The van der Waals surface area contributed by atoms with E-state index in [0.29, 0.717) is 0 Å². The number of aryl methyl sites for hydroxylation is 2. The van der Waals surface area contributed by atoms with E-state index >= 15 is 0 Å². The molecule has 0 amide bonds. The molecule has 156 valence electrons. The quantitative estimate of drug-likeness (QED) is 0.312. The minimum Gasteiger partial charge on any atom is -0.198 e. The number of hydrogen-bond donors (Lipinski definition) is 0. The van der Waals surface area contributed by atoms with Crippen LogP contribution in [0.5, 0.6) is 0 Å². The predicted octanol–water partition coefficient (Wildman–Crippen LogP) is 7.35. The predicted molar refractivity (Wildman–Crippen MR) is 131 cm³/mol. The first-order valence-corrected chi connectivity index (χ1v) is 11.7. The zero-order valence-electron chi connectivity index (χ0n) is 19.0. The van der Waals surface area contributed by atoms with Crippen molar-refractivity contribution >= 4 is 10.8 Å². The molecule has 0 radical (unpaired) electrons. The van der Waals surface area contributed by atoms with Crippen molar-refractivity contribution < 1.29 is 4.57 Å². The van der Waals surface area contributed by atoms with Crippen molar-refractivity contribution in [3.05, 3.63) is 89.6 Å². The van der Waals surface area contributed by atoms with Gasteiger partial charge in [0, 0.05) is 18.6 Å². The normalized spacial score (nSPS) is 14.4. The van der Waals surface area contributed by atoms with Crippen molar-refractivity contribution in [3.63, 3.8) is 0 Å². The molecule has 1 aliphatic rings. The van der Waals surface area contributed by atoms with Gasteiger partial charge in [0.2, 0.25) is 5.69 Å². The summed E-state index contributed by atoms with van der Waals surface area (Å²) in [6, 6.07) is 27.1. The zero-order valence-corrected chi connectivity index (χ0v) is 19.0. The fourth-order valence-electron chi connectivity index (χ4n) is 5.37. The molecule has 0 atom stereocenters. The number of pyridine rings is 1. The average Bonchev–Trinajstić information content (AvgIpc) is 3.29. The highest BCUT2D eigenvalue weighted by atomic mass is 14.9. The molecule has 1 aromatic heterocycles. The number of nitrogens with zero attached hydrogens (tertiary/aromatic N) is 1. The van der Waals surface area contributed by atoms with Crippen molar-refractivity contribution in [3.8, 4) is 22.4 Å². The largest absolute Gasteiger partial charge is 0.220 e. The maximum atomic E-state index is 2.44. The second kappa shape index (κ2) is 8.30. The minimum atomic E-state index is 0.880. The highest BCUT2D eigenvalue weighted by Crippen LogP contribution is 2.33. The smallest absolute Gasteiger partial charge is 0.198 e. The topological polar surface area (TPSA) is 3.88 Å². The van der Waals surface area contributed by atoms with E-state index in [1.165, 1.54) is 82.1 Å². The monoisotopic (exact) mass is 406 g/mol. The molecule has 0 unspecified atom stereocenters. The lowest BCUT2D eigenvalue weighted by Gasteiger charge is -2.13. The Balaban J connectivity index is 1.59. The summed E-state index contributed by atoms with van der Waals surface area (Å²) in [5, 5.41) is 2.71. The highest BCUT2D eigenvalue weighted by molar-refractivity contribution is 5.94. The number of fused-ring (bicyclic) bond motifs is 1. The van der Waals surface area contributed by atoms with Gasteiger partial charge in [-0.2, -0.15) is 4.57 Å². The third-order valence-corrected chi connectivity index (χ3v) is 7.19. The standard InChI is InChI=1S/C30H32N/c1-21-17-26(25-11-5-4-6-12-25)14-16-28(21)30-29-15-13-24(19-23-9-7-8-10-23)20-27(29)18-22(2)31(30)3/h4-6,11-18,20,23H,7-10,19H2,1-3H3/q+1. The molecule has 1 aliphatic carbocycles. The molecule has 5 rings (SSSR count). The third-order valence-electron chi connectivity index (χ3n) is 7.19. The van der Waals surface area contributed by atoms with Gasteiger partial charge in [0.15, 0.2) is 5.69 Å². The van der Waals surface area contributed by atoms with E-state index in [2.05, 4.69) is 98.3 Å². The van der Waals surface area contributed by atoms with Crippen molar-refractivity contribution in [2.75, 3.05) is 0 Å². The van der Waals surface area contributed by atoms with Crippen molar-refractivity contribution in [2.45, 2.75) is 46.0 Å². The Bertz CT molecular complexity index is 1230. The second-order valence-electron chi connectivity index (χ2n) is 9.37. The molecule has 0 aliphatic heterocycles. The fraction of sp³-hybridized carbons (Fsp3) is 0.300. The van der Waals surface area contributed by atoms with Crippen molar-refractivity contribution in [1.29, 1.82) is 0 Å². The van der Waals surface area contributed by atoms with Crippen molar-refractivity contribution in [2.24, 2.45) is 13.0 Å². The zero-order chi connectivity index (χ0) is 21.4. The molecule has 1 nitrogen and oxygen atoms in total. The Morgan fingerprint density at radius 3 is 2.32 bits per heavy atom. The average molecular weight is 407 g/mol. The molecule has 1 fully saturated rings. The van der Waals surface area contributed by atoms with Crippen LogP contribution in [0, 0.1) is 19.8 Å². The first kappa shape index (κ1) is 20.0. The van der Waals surface area contributed by atoms with E-state index in [-0.39, 0.29) is 0 Å². The SMILES string of the molecule is Cc1cc(-c2ccccc2)ccc1-c1c2ccc(CC3CCCC3)cc2cc(C)[n+]1C. The van der Waals surface area contributed by atoms with E-state index in [4.69, 9.17) is 0 Å². The molecule has 4 aromatic rings. The van der Waals surface area contributed by atoms with E-state index in [1.807, 2.05) is 0 Å². The van der Waals surface area contributed by atoms with Gasteiger partial charge >= 0.3 is 0 Å². The molecule has 1 heterocycles. The number of hydrogen-bond acceptors (Lipinski definition) is 0. The molecular formula is C30H32N+. The molecule has 0 saturated heterocycles. The maximum absolute atomic E-state index is 2.44. The van der Waals surface area contributed by atoms with E-state index in [9.17, 15) is 0 Å². The summed E-state index contributed by atoms with van der Waals surface area (Å²) in [4.78, 5) is 0. The van der Waals surface area contributed by atoms with Crippen LogP contribution < -0.4 is 4.57 Å². The molecular weight excluding hydrogens is 374 g/mol. The van der Waals surface area contributed by atoms with Crippen LogP contribution in [0.25, 0.3) is 33.2 Å². The van der Waals surface area contributed by atoms with E-state index in [1.54, 1.807) is 0 Å². The molecule has 0 N–H and O–H groups in total. The minimum absolute atomic E-state index is 0.880. The van der Waals surface area contributed by atoms with E-state index in [0.717, 1.165) is 5.92 Å².